The molecule has 2 rings (SSSR count). The van der Waals surface area contributed by atoms with Crippen LogP contribution in [0.2, 0.25) is 15.1 Å². The van der Waals surface area contributed by atoms with Crippen molar-refractivity contribution in [3.8, 4) is 0 Å². The van der Waals surface area contributed by atoms with Crippen molar-refractivity contribution >= 4 is 47.2 Å². The Morgan fingerprint density at radius 3 is 2.18 bits per heavy atom. The van der Waals surface area contributed by atoms with E-state index in [1.54, 1.807) is 12.1 Å². The average Bonchev–Trinajstić information content (AvgIpc) is 2.77. The molecule has 2 N–H and O–H groups in total. The second-order valence-electron chi connectivity index (χ2n) is 4.33. The van der Waals surface area contributed by atoms with E-state index in [-0.39, 0.29) is 18.4 Å². The van der Waals surface area contributed by atoms with E-state index in [1.807, 2.05) is 0 Å². The highest BCUT2D eigenvalue weighted by Gasteiger charge is 2.27. The van der Waals surface area contributed by atoms with E-state index in [1.165, 1.54) is 12.8 Å². The van der Waals surface area contributed by atoms with Gasteiger partial charge in [0.1, 0.15) is 0 Å². The van der Waals surface area contributed by atoms with Crippen molar-refractivity contribution < 1.29 is 0 Å². The Morgan fingerprint density at radius 2 is 1.59 bits per heavy atom. The Bertz CT molecular complexity index is 388. The number of benzene rings is 1. The van der Waals surface area contributed by atoms with Gasteiger partial charge >= 0.3 is 0 Å². The third-order valence-corrected chi connectivity index (χ3v) is 4.47. The minimum Gasteiger partial charge on any atom is -0.324 e. The first-order chi connectivity index (χ1) is 7.61. The third-order valence-electron chi connectivity index (χ3n) is 3.32. The van der Waals surface area contributed by atoms with E-state index in [4.69, 9.17) is 40.5 Å². The molecule has 1 fully saturated rings. The van der Waals surface area contributed by atoms with E-state index >= 15 is 0 Å². The van der Waals surface area contributed by atoms with Gasteiger partial charge in [0.2, 0.25) is 0 Å². The molecule has 0 aromatic heterocycles. The van der Waals surface area contributed by atoms with Gasteiger partial charge in [-0.2, -0.15) is 0 Å². The van der Waals surface area contributed by atoms with Crippen molar-refractivity contribution in [1.82, 2.24) is 0 Å². The fourth-order valence-electron chi connectivity index (χ4n) is 2.40. The summed E-state index contributed by atoms with van der Waals surface area (Å²) in [5.41, 5.74) is 7.05. The Labute approximate surface area is 123 Å². The molecule has 0 saturated heterocycles. The van der Waals surface area contributed by atoms with Gasteiger partial charge in [0.05, 0.1) is 10.0 Å². The van der Waals surface area contributed by atoms with E-state index in [9.17, 15) is 0 Å². The van der Waals surface area contributed by atoms with E-state index in [0.717, 1.165) is 18.4 Å². The van der Waals surface area contributed by atoms with Crippen molar-refractivity contribution in [2.24, 2.45) is 11.7 Å². The molecule has 1 aliphatic carbocycles. The Hall–Kier alpha value is 0.340. The normalized spacial score (nSPS) is 17.9. The first-order valence-electron chi connectivity index (χ1n) is 5.50. The molecule has 0 bridgehead atoms. The van der Waals surface area contributed by atoms with Gasteiger partial charge in [-0.25, -0.2) is 0 Å². The zero-order valence-corrected chi connectivity index (χ0v) is 12.3. The predicted octanol–water partition coefficient (Wildman–Crippen LogP) is 5.26. The molecule has 1 saturated carbocycles. The average molecular weight is 315 g/mol. The molecule has 0 spiro atoms. The number of hydrogen-bond donors (Lipinski definition) is 1. The Morgan fingerprint density at radius 1 is 1.06 bits per heavy atom. The highest BCUT2D eigenvalue weighted by atomic mass is 35.5. The monoisotopic (exact) mass is 313 g/mol. The number of nitrogens with two attached hydrogens (primary N) is 1. The standard InChI is InChI=1S/C12H14Cl3N.ClH/c13-8-5-6-9(14)11(15)10(8)12(16)7-3-1-2-4-7;/h5-7,12H,1-4,16H2;1H/t12-;/m1./s1. The summed E-state index contributed by atoms with van der Waals surface area (Å²) < 4.78 is 0. The van der Waals surface area contributed by atoms with Crippen LogP contribution in [0, 0.1) is 5.92 Å². The second-order valence-corrected chi connectivity index (χ2v) is 5.52. The lowest BCUT2D eigenvalue weighted by Crippen LogP contribution is -2.20. The topological polar surface area (TPSA) is 26.0 Å². The second kappa shape index (κ2) is 6.49. The summed E-state index contributed by atoms with van der Waals surface area (Å²) in [7, 11) is 0. The van der Waals surface area contributed by atoms with Crippen molar-refractivity contribution in [1.29, 1.82) is 0 Å². The lowest BCUT2D eigenvalue weighted by atomic mass is 9.92. The molecule has 0 amide bonds. The van der Waals surface area contributed by atoms with Gasteiger partial charge < -0.3 is 5.73 Å². The van der Waals surface area contributed by atoms with Gasteiger partial charge in [0.15, 0.2) is 0 Å². The smallest absolute Gasteiger partial charge is 0.0655 e. The Kier molecular flexibility index (Phi) is 5.88. The fraction of sp³-hybridized carbons (Fsp3) is 0.500. The highest BCUT2D eigenvalue weighted by Crippen LogP contribution is 2.41. The molecular weight excluding hydrogens is 300 g/mol. The first-order valence-corrected chi connectivity index (χ1v) is 6.63. The summed E-state index contributed by atoms with van der Waals surface area (Å²) in [5, 5.41) is 1.65. The van der Waals surface area contributed by atoms with Gasteiger partial charge in [0.25, 0.3) is 0 Å². The van der Waals surface area contributed by atoms with Crippen LogP contribution in [-0.2, 0) is 0 Å². The maximum atomic E-state index is 6.24. The van der Waals surface area contributed by atoms with Crippen LogP contribution in [0.25, 0.3) is 0 Å². The number of halogens is 4. The SMILES string of the molecule is Cl.N[C@@H](c1c(Cl)ccc(Cl)c1Cl)C1CCCC1. The van der Waals surface area contributed by atoms with Crippen molar-refractivity contribution in [3.05, 3.63) is 32.8 Å². The summed E-state index contributed by atoms with van der Waals surface area (Å²) in [4.78, 5) is 0. The molecule has 0 heterocycles. The zero-order chi connectivity index (χ0) is 11.7. The van der Waals surface area contributed by atoms with Crippen LogP contribution in [0.15, 0.2) is 12.1 Å². The lowest BCUT2D eigenvalue weighted by Gasteiger charge is -2.22. The molecule has 17 heavy (non-hydrogen) atoms. The fourth-order valence-corrected chi connectivity index (χ4v) is 3.19. The highest BCUT2D eigenvalue weighted by molar-refractivity contribution is 6.44. The molecule has 1 aromatic rings. The number of rotatable bonds is 2. The van der Waals surface area contributed by atoms with Crippen LogP contribution in [0.5, 0.6) is 0 Å². The van der Waals surface area contributed by atoms with Gasteiger partial charge in [0, 0.05) is 16.6 Å². The molecule has 1 atom stereocenters. The molecule has 0 unspecified atom stereocenters. The van der Waals surface area contributed by atoms with Crippen LogP contribution in [0.4, 0.5) is 0 Å². The van der Waals surface area contributed by atoms with Crippen LogP contribution >= 0.6 is 47.2 Å². The Balaban J connectivity index is 0.00000144. The quantitative estimate of drug-likeness (QED) is 0.740. The van der Waals surface area contributed by atoms with Crippen LogP contribution in [0.3, 0.4) is 0 Å². The summed E-state index contributed by atoms with van der Waals surface area (Å²) >= 11 is 18.3. The maximum Gasteiger partial charge on any atom is 0.0655 e. The largest absolute Gasteiger partial charge is 0.324 e. The molecule has 0 radical (unpaired) electrons. The van der Waals surface area contributed by atoms with Crippen LogP contribution in [-0.4, -0.2) is 0 Å². The molecule has 0 aliphatic heterocycles. The van der Waals surface area contributed by atoms with Gasteiger partial charge in [-0.05, 0) is 30.9 Å². The summed E-state index contributed by atoms with van der Waals surface area (Å²) in [5.74, 6) is 0.480. The van der Waals surface area contributed by atoms with Crippen LogP contribution in [0.1, 0.15) is 37.3 Å². The van der Waals surface area contributed by atoms with E-state index < -0.39 is 0 Å². The molecule has 1 aromatic carbocycles. The minimum atomic E-state index is -0.0961. The summed E-state index contributed by atoms with van der Waals surface area (Å²) in [6.07, 6.45) is 4.79. The number of hydrogen-bond acceptors (Lipinski definition) is 1. The van der Waals surface area contributed by atoms with Gasteiger partial charge in [-0.1, -0.05) is 47.6 Å². The minimum absolute atomic E-state index is 0. The molecule has 96 valence electrons. The summed E-state index contributed by atoms with van der Waals surface area (Å²) in [6, 6.07) is 3.37. The van der Waals surface area contributed by atoms with Crippen molar-refractivity contribution in [3.63, 3.8) is 0 Å². The maximum absolute atomic E-state index is 6.24. The van der Waals surface area contributed by atoms with Gasteiger partial charge in [-0.15, -0.1) is 12.4 Å². The lowest BCUT2D eigenvalue weighted by molar-refractivity contribution is 0.445. The predicted molar refractivity (Wildman–Crippen MR) is 77.6 cm³/mol. The van der Waals surface area contributed by atoms with Crippen molar-refractivity contribution in [2.75, 3.05) is 0 Å². The molecule has 1 aliphatic rings. The first kappa shape index (κ1) is 15.4. The molecule has 5 heteroatoms. The molecular formula is C12H15Cl4N. The van der Waals surface area contributed by atoms with Crippen LogP contribution < -0.4 is 5.73 Å². The molecule has 1 nitrogen and oxygen atoms in total. The van der Waals surface area contributed by atoms with Gasteiger partial charge in [-0.3, -0.25) is 0 Å². The summed E-state index contributed by atoms with van der Waals surface area (Å²) in [6.45, 7) is 0. The van der Waals surface area contributed by atoms with Crippen molar-refractivity contribution in [2.45, 2.75) is 31.7 Å². The zero-order valence-electron chi connectivity index (χ0n) is 9.26. The van der Waals surface area contributed by atoms with E-state index in [2.05, 4.69) is 0 Å². The van der Waals surface area contributed by atoms with E-state index in [0.29, 0.717) is 21.0 Å². The third kappa shape index (κ3) is 3.21.